The number of β-amino-alcohol motifs (C(OH)–C–C–N with tert-alkyl or cyclic N) is 1. The second kappa shape index (κ2) is 12.9. The fourth-order valence-electron chi connectivity index (χ4n) is 4.30. The minimum absolute atomic E-state index is 0.324. The molecule has 1 aliphatic rings. The van der Waals surface area contributed by atoms with Gasteiger partial charge in [0.15, 0.2) is 0 Å². The molecule has 1 atom stereocenters. The average molecular weight is 499 g/mol. The molecule has 1 N–H and O–H groups in total. The Balaban J connectivity index is 1.59. The number of aryl methyl sites for hydroxylation is 1. The van der Waals surface area contributed by atoms with Crippen molar-refractivity contribution in [2.45, 2.75) is 19.6 Å². The van der Waals surface area contributed by atoms with E-state index in [1.54, 1.807) is 23.9 Å². The third-order valence-electron chi connectivity index (χ3n) is 6.20. The van der Waals surface area contributed by atoms with Gasteiger partial charge in [0.25, 0.3) is 0 Å². The number of para-hydroxylation sites is 1. The van der Waals surface area contributed by atoms with Gasteiger partial charge in [-0.3, -0.25) is 9.80 Å². The number of aliphatic hydroxyl groups excluding tert-OH is 1. The van der Waals surface area contributed by atoms with E-state index < -0.39 is 6.10 Å². The predicted octanol–water partition coefficient (Wildman–Crippen LogP) is 3.25. The first-order valence-corrected chi connectivity index (χ1v) is 12.3. The zero-order chi connectivity index (χ0) is 25.3. The van der Waals surface area contributed by atoms with Crippen LogP contribution in [-0.4, -0.2) is 90.4 Å². The standard InChI is InChI=1S/C27H35FN4O4/c1-21-26(20-31(12-15-34-2)19-24(33)18-30-13-16-35-17-14-30)27(36-25-10-8-22(28)9-11-25)32(29-21)23-6-4-3-5-7-23/h3-11,24,33H,12-20H2,1-2H3/t24-/m0/s1. The zero-order valence-corrected chi connectivity index (χ0v) is 21.0. The molecule has 1 aliphatic heterocycles. The van der Waals surface area contributed by atoms with Crippen LogP contribution in [0.4, 0.5) is 4.39 Å². The van der Waals surface area contributed by atoms with Gasteiger partial charge >= 0.3 is 0 Å². The summed E-state index contributed by atoms with van der Waals surface area (Å²) in [5.74, 6) is 0.760. The molecule has 0 spiro atoms. The van der Waals surface area contributed by atoms with Gasteiger partial charge in [0, 0.05) is 46.4 Å². The molecule has 2 heterocycles. The largest absolute Gasteiger partial charge is 0.439 e. The van der Waals surface area contributed by atoms with Gasteiger partial charge in [-0.05, 0) is 43.3 Å². The van der Waals surface area contributed by atoms with Crippen LogP contribution in [0.2, 0.25) is 0 Å². The minimum Gasteiger partial charge on any atom is -0.439 e. The number of hydrogen-bond donors (Lipinski definition) is 1. The Bertz CT molecular complexity index is 1070. The molecular formula is C27H35FN4O4. The molecule has 0 bridgehead atoms. The molecule has 1 saturated heterocycles. The van der Waals surface area contributed by atoms with E-state index in [4.69, 9.17) is 19.3 Å². The molecule has 3 aromatic rings. The van der Waals surface area contributed by atoms with Crippen molar-refractivity contribution in [1.82, 2.24) is 19.6 Å². The molecule has 194 valence electrons. The van der Waals surface area contributed by atoms with Gasteiger partial charge in [0.2, 0.25) is 5.88 Å². The lowest BCUT2D eigenvalue weighted by molar-refractivity contribution is 0.00431. The number of aliphatic hydroxyl groups is 1. The molecule has 0 aliphatic carbocycles. The second-order valence-corrected chi connectivity index (χ2v) is 8.97. The first-order chi connectivity index (χ1) is 17.5. The zero-order valence-electron chi connectivity index (χ0n) is 21.0. The highest BCUT2D eigenvalue weighted by Crippen LogP contribution is 2.31. The van der Waals surface area contributed by atoms with Gasteiger partial charge < -0.3 is 19.3 Å². The lowest BCUT2D eigenvalue weighted by Gasteiger charge is -2.31. The van der Waals surface area contributed by atoms with Crippen LogP contribution in [-0.2, 0) is 16.0 Å². The van der Waals surface area contributed by atoms with Crippen LogP contribution in [0.25, 0.3) is 5.69 Å². The number of benzene rings is 2. The van der Waals surface area contributed by atoms with Gasteiger partial charge in [0.1, 0.15) is 11.6 Å². The highest BCUT2D eigenvalue weighted by atomic mass is 19.1. The van der Waals surface area contributed by atoms with Crippen molar-refractivity contribution in [2.24, 2.45) is 0 Å². The molecule has 2 aromatic carbocycles. The van der Waals surface area contributed by atoms with E-state index in [0.29, 0.717) is 57.6 Å². The number of hydrogen-bond acceptors (Lipinski definition) is 7. The molecular weight excluding hydrogens is 463 g/mol. The Morgan fingerprint density at radius 3 is 2.53 bits per heavy atom. The molecule has 0 saturated carbocycles. The van der Waals surface area contributed by atoms with Gasteiger partial charge in [0.05, 0.1) is 42.9 Å². The van der Waals surface area contributed by atoms with E-state index >= 15 is 0 Å². The number of aromatic nitrogens is 2. The van der Waals surface area contributed by atoms with Crippen LogP contribution < -0.4 is 4.74 Å². The summed E-state index contributed by atoms with van der Waals surface area (Å²) in [6, 6.07) is 15.7. The number of halogens is 1. The molecule has 1 fully saturated rings. The van der Waals surface area contributed by atoms with Crippen molar-refractivity contribution >= 4 is 0 Å². The first-order valence-electron chi connectivity index (χ1n) is 12.3. The molecule has 4 rings (SSSR count). The highest BCUT2D eigenvalue weighted by molar-refractivity contribution is 5.43. The van der Waals surface area contributed by atoms with Crippen LogP contribution in [0.1, 0.15) is 11.3 Å². The third kappa shape index (κ3) is 7.11. The molecule has 0 unspecified atom stereocenters. The van der Waals surface area contributed by atoms with Crippen LogP contribution in [0.15, 0.2) is 54.6 Å². The number of rotatable bonds is 12. The van der Waals surface area contributed by atoms with Gasteiger partial charge in [-0.1, -0.05) is 18.2 Å². The Morgan fingerprint density at radius 2 is 1.83 bits per heavy atom. The van der Waals surface area contributed by atoms with Crippen molar-refractivity contribution in [3.8, 4) is 17.3 Å². The predicted molar refractivity (Wildman–Crippen MR) is 135 cm³/mol. The third-order valence-corrected chi connectivity index (χ3v) is 6.20. The van der Waals surface area contributed by atoms with E-state index in [-0.39, 0.29) is 5.82 Å². The molecule has 1 aromatic heterocycles. The topological polar surface area (TPSA) is 72.2 Å². The molecule has 8 nitrogen and oxygen atoms in total. The molecule has 0 radical (unpaired) electrons. The van der Waals surface area contributed by atoms with Crippen molar-refractivity contribution in [3.05, 3.63) is 71.7 Å². The highest BCUT2D eigenvalue weighted by Gasteiger charge is 2.23. The van der Waals surface area contributed by atoms with Crippen molar-refractivity contribution < 1.29 is 23.7 Å². The van der Waals surface area contributed by atoms with Crippen molar-refractivity contribution in [2.75, 3.05) is 59.7 Å². The molecule has 0 amide bonds. The first kappa shape index (κ1) is 26.2. The summed E-state index contributed by atoms with van der Waals surface area (Å²) >= 11 is 0. The van der Waals surface area contributed by atoms with Crippen LogP contribution in [0.3, 0.4) is 0 Å². The normalized spacial score (nSPS) is 15.4. The molecule has 9 heteroatoms. The monoisotopic (exact) mass is 498 g/mol. The summed E-state index contributed by atoms with van der Waals surface area (Å²) in [7, 11) is 1.67. The number of nitrogens with zero attached hydrogens (tertiary/aromatic N) is 4. The number of morpholine rings is 1. The fourth-order valence-corrected chi connectivity index (χ4v) is 4.30. The van der Waals surface area contributed by atoms with Gasteiger partial charge in [-0.15, -0.1) is 0 Å². The van der Waals surface area contributed by atoms with E-state index in [0.717, 1.165) is 30.0 Å². The Hall–Kier alpha value is -2.82. The van der Waals surface area contributed by atoms with Crippen molar-refractivity contribution in [3.63, 3.8) is 0 Å². The number of methoxy groups -OCH3 is 1. The lowest BCUT2D eigenvalue weighted by Crippen LogP contribution is -2.45. The Kier molecular flexibility index (Phi) is 9.43. The van der Waals surface area contributed by atoms with Crippen LogP contribution in [0, 0.1) is 12.7 Å². The maximum atomic E-state index is 13.5. The fraction of sp³-hybridized carbons (Fsp3) is 0.444. The van der Waals surface area contributed by atoms with Crippen LogP contribution in [0.5, 0.6) is 11.6 Å². The van der Waals surface area contributed by atoms with Gasteiger partial charge in [-0.2, -0.15) is 5.10 Å². The Morgan fingerprint density at radius 1 is 1.11 bits per heavy atom. The lowest BCUT2D eigenvalue weighted by atomic mass is 10.2. The summed E-state index contributed by atoms with van der Waals surface area (Å²) in [5, 5.41) is 15.7. The SMILES string of the molecule is COCCN(Cc1c(C)nn(-c2ccccc2)c1Oc1ccc(F)cc1)C[C@@H](O)CN1CCOCC1. The number of ether oxygens (including phenoxy) is 3. The maximum absolute atomic E-state index is 13.5. The van der Waals surface area contributed by atoms with E-state index in [2.05, 4.69) is 9.80 Å². The summed E-state index contributed by atoms with van der Waals surface area (Å²) < 4.78 is 32.3. The summed E-state index contributed by atoms with van der Waals surface area (Å²) in [6.45, 7) is 7.75. The van der Waals surface area contributed by atoms with Gasteiger partial charge in [-0.25, -0.2) is 9.07 Å². The van der Waals surface area contributed by atoms with Crippen molar-refractivity contribution in [1.29, 1.82) is 0 Å². The quantitative estimate of drug-likeness (QED) is 0.411. The Labute approximate surface area is 211 Å². The van der Waals surface area contributed by atoms with E-state index in [1.165, 1.54) is 12.1 Å². The molecule has 36 heavy (non-hydrogen) atoms. The second-order valence-electron chi connectivity index (χ2n) is 8.97. The summed E-state index contributed by atoms with van der Waals surface area (Å²) in [5.41, 5.74) is 2.58. The minimum atomic E-state index is -0.522. The average Bonchev–Trinajstić information content (AvgIpc) is 3.19. The van der Waals surface area contributed by atoms with Crippen LogP contribution >= 0.6 is 0 Å². The summed E-state index contributed by atoms with van der Waals surface area (Å²) in [4.78, 5) is 4.38. The van der Waals surface area contributed by atoms with E-state index in [1.807, 2.05) is 37.3 Å². The summed E-state index contributed by atoms with van der Waals surface area (Å²) in [6.07, 6.45) is -0.522. The van der Waals surface area contributed by atoms with E-state index in [9.17, 15) is 9.50 Å². The smallest absolute Gasteiger partial charge is 0.227 e. The maximum Gasteiger partial charge on any atom is 0.227 e.